The molecule has 1 aromatic carbocycles. The summed E-state index contributed by atoms with van der Waals surface area (Å²) in [4.78, 5) is 13.7. The minimum Gasteiger partial charge on any atom is -0.312 e. The zero-order valence-electron chi connectivity index (χ0n) is 10.7. The smallest absolute Gasteiger partial charge is 0.261 e. The van der Waals surface area contributed by atoms with E-state index in [1.54, 1.807) is 17.0 Å². The van der Waals surface area contributed by atoms with E-state index in [-0.39, 0.29) is 10.8 Å². The van der Waals surface area contributed by atoms with Crippen molar-refractivity contribution in [3.05, 3.63) is 23.8 Å². The van der Waals surface area contributed by atoms with Gasteiger partial charge in [0.25, 0.3) is 9.05 Å². The summed E-state index contributed by atoms with van der Waals surface area (Å²) in [7, 11) is 1.67. The molecule has 0 saturated carbocycles. The van der Waals surface area contributed by atoms with Gasteiger partial charge in [0, 0.05) is 29.3 Å². The van der Waals surface area contributed by atoms with E-state index < -0.39 is 9.05 Å². The summed E-state index contributed by atoms with van der Waals surface area (Å²) in [6.07, 6.45) is 2.86. The second-order valence-electron chi connectivity index (χ2n) is 4.55. The van der Waals surface area contributed by atoms with Crippen LogP contribution < -0.4 is 4.90 Å². The lowest BCUT2D eigenvalue weighted by Gasteiger charge is -2.29. The molecule has 4 nitrogen and oxygen atoms in total. The number of carbonyl (C=O) groups is 1. The summed E-state index contributed by atoms with van der Waals surface area (Å²) in [6.45, 7) is 2.50. The third-order valence-electron chi connectivity index (χ3n) is 3.34. The molecule has 0 radical (unpaired) electrons. The lowest BCUT2D eigenvalue weighted by atomic mass is 10.1. The topological polar surface area (TPSA) is 54.5 Å². The average molecular weight is 302 g/mol. The number of carbonyl (C=O) groups excluding carboxylic acids is 1. The zero-order chi connectivity index (χ0) is 14.0. The van der Waals surface area contributed by atoms with Crippen molar-refractivity contribution in [2.24, 2.45) is 0 Å². The summed E-state index contributed by atoms with van der Waals surface area (Å²) in [5, 5.41) is 0. The van der Waals surface area contributed by atoms with Crippen LogP contribution in [0.25, 0.3) is 0 Å². The summed E-state index contributed by atoms with van der Waals surface area (Å²) in [5.74, 6) is 0.0464. The molecule has 19 heavy (non-hydrogen) atoms. The normalized spacial score (nSPS) is 16.7. The summed E-state index contributed by atoms with van der Waals surface area (Å²) >= 11 is 0. The molecule has 0 spiro atoms. The first-order chi connectivity index (χ1) is 8.95. The summed E-state index contributed by atoms with van der Waals surface area (Å²) < 4.78 is 23.2. The van der Waals surface area contributed by atoms with Crippen LogP contribution in [0.5, 0.6) is 0 Å². The number of hydrogen-bond donors (Lipinski definition) is 0. The molecule has 1 aliphatic rings. The quantitative estimate of drug-likeness (QED) is 0.807. The van der Waals surface area contributed by atoms with Crippen LogP contribution in [-0.2, 0) is 20.3 Å². The van der Waals surface area contributed by atoms with Gasteiger partial charge in [-0.2, -0.15) is 0 Å². The van der Waals surface area contributed by atoms with Gasteiger partial charge in [-0.3, -0.25) is 4.79 Å². The Morgan fingerprint density at radius 1 is 1.32 bits per heavy atom. The van der Waals surface area contributed by atoms with Gasteiger partial charge >= 0.3 is 0 Å². The molecular formula is C13H16ClNO3S. The molecule has 0 bridgehead atoms. The molecule has 1 fully saturated rings. The van der Waals surface area contributed by atoms with Crippen molar-refractivity contribution in [2.45, 2.75) is 37.5 Å². The maximum absolute atomic E-state index is 12.0. The predicted octanol–water partition coefficient (Wildman–Crippen LogP) is 2.69. The van der Waals surface area contributed by atoms with E-state index in [0.717, 1.165) is 12.8 Å². The van der Waals surface area contributed by atoms with E-state index >= 15 is 0 Å². The number of anilines is 1. The van der Waals surface area contributed by atoms with Crippen LogP contribution in [0.1, 0.15) is 31.7 Å². The van der Waals surface area contributed by atoms with E-state index in [4.69, 9.17) is 10.7 Å². The molecule has 0 aliphatic carbocycles. The Labute approximate surface area is 117 Å². The highest BCUT2D eigenvalue weighted by atomic mass is 35.7. The Hall–Kier alpha value is -1.07. The molecule has 1 amide bonds. The third kappa shape index (κ3) is 2.92. The van der Waals surface area contributed by atoms with E-state index in [9.17, 15) is 13.2 Å². The van der Waals surface area contributed by atoms with Crippen molar-refractivity contribution < 1.29 is 13.2 Å². The molecule has 1 aliphatic heterocycles. The maximum atomic E-state index is 12.0. The second-order valence-corrected chi connectivity index (χ2v) is 7.08. The number of benzene rings is 1. The molecule has 1 saturated heterocycles. The largest absolute Gasteiger partial charge is 0.312 e. The van der Waals surface area contributed by atoms with Gasteiger partial charge in [-0.1, -0.05) is 13.0 Å². The maximum Gasteiger partial charge on any atom is 0.261 e. The summed E-state index contributed by atoms with van der Waals surface area (Å²) in [5.41, 5.74) is 1.29. The van der Waals surface area contributed by atoms with Gasteiger partial charge in [-0.05, 0) is 37.0 Å². The Kier molecular flexibility index (Phi) is 4.16. The second kappa shape index (κ2) is 5.51. The molecule has 6 heteroatoms. The molecular weight excluding hydrogens is 286 g/mol. The Bertz CT molecular complexity index is 598. The third-order valence-corrected chi connectivity index (χ3v) is 4.75. The van der Waals surface area contributed by atoms with E-state index in [0.29, 0.717) is 30.6 Å². The van der Waals surface area contributed by atoms with Crippen LogP contribution >= 0.6 is 10.7 Å². The Morgan fingerprint density at radius 2 is 2.05 bits per heavy atom. The summed E-state index contributed by atoms with van der Waals surface area (Å²) in [6, 6.07) is 4.90. The Morgan fingerprint density at radius 3 is 2.63 bits per heavy atom. The van der Waals surface area contributed by atoms with Gasteiger partial charge in [0.2, 0.25) is 5.91 Å². The van der Waals surface area contributed by atoms with Crippen molar-refractivity contribution in [1.29, 1.82) is 0 Å². The number of piperidine rings is 1. The molecule has 0 aromatic heterocycles. The fourth-order valence-corrected chi connectivity index (χ4v) is 3.67. The standard InChI is InChI=1S/C13H16ClNO3S/c1-2-10-11(15-9-4-3-8-13(15)16)6-5-7-12(10)19(14,17)18/h5-7H,2-4,8-9H2,1H3. The SMILES string of the molecule is CCc1c(N2CCCCC2=O)cccc1S(=O)(=O)Cl. The highest BCUT2D eigenvalue weighted by Crippen LogP contribution is 2.31. The molecule has 0 atom stereocenters. The fourth-order valence-electron chi connectivity index (χ4n) is 2.45. The monoisotopic (exact) mass is 301 g/mol. The van der Waals surface area contributed by atoms with Crippen molar-refractivity contribution >= 4 is 31.3 Å². The van der Waals surface area contributed by atoms with Crippen LogP contribution in [-0.4, -0.2) is 20.9 Å². The van der Waals surface area contributed by atoms with Crippen LogP contribution in [0, 0.1) is 0 Å². The average Bonchev–Trinajstić information content (AvgIpc) is 2.37. The molecule has 2 rings (SSSR count). The lowest BCUT2D eigenvalue weighted by Crippen LogP contribution is -2.36. The number of nitrogens with zero attached hydrogens (tertiary/aromatic N) is 1. The minimum atomic E-state index is -3.79. The van der Waals surface area contributed by atoms with Crippen molar-refractivity contribution in [3.63, 3.8) is 0 Å². The highest BCUT2D eigenvalue weighted by molar-refractivity contribution is 8.13. The van der Waals surface area contributed by atoms with Gasteiger partial charge in [0.1, 0.15) is 0 Å². The van der Waals surface area contributed by atoms with Crippen molar-refractivity contribution in [3.8, 4) is 0 Å². The number of rotatable bonds is 3. The van der Waals surface area contributed by atoms with E-state index in [2.05, 4.69) is 0 Å². The van der Waals surface area contributed by atoms with E-state index in [1.165, 1.54) is 6.07 Å². The lowest BCUT2D eigenvalue weighted by molar-refractivity contribution is -0.119. The van der Waals surface area contributed by atoms with Gasteiger partial charge in [-0.15, -0.1) is 0 Å². The Balaban J connectivity index is 2.54. The van der Waals surface area contributed by atoms with Gasteiger partial charge < -0.3 is 4.90 Å². The number of halogens is 1. The van der Waals surface area contributed by atoms with E-state index in [1.807, 2.05) is 6.92 Å². The first kappa shape index (κ1) is 14.3. The number of hydrogen-bond acceptors (Lipinski definition) is 3. The van der Waals surface area contributed by atoms with Crippen molar-refractivity contribution in [1.82, 2.24) is 0 Å². The van der Waals surface area contributed by atoms with Crippen molar-refractivity contribution in [2.75, 3.05) is 11.4 Å². The first-order valence-electron chi connectivity index (χ1n) is 6.32. The highest BCUT2D eigenvalue weighted by Gasteiger charge is 2.25. The predicted molar refractivity (Wildman–Crippen MR) is 75.1 cm³/mol. The molecule has 0 N–H and O–H groups in total. The minimum absolute atomic E-state index is 0.0464. The molecule has 104 valence electrons. The first-order valence-corrected chi connectivity index (χ1v) is 8.63. The number of amides is 1. The zero-order valence-corrected chi connectivity index (χ0v) is 12.3. The molecule has 1 aromatic rings. The molecule has 0 unspecified atom stereocenters. The fraction of sp³-hybridized carbons (Fsp3) is 0.462. The van der Waals surface area contributed by atoms with Crippen LogP contribution in [0.3, 0.4) is 0 Å². The van der Waals surface area contributed by atoms with Crippen LogP contribution in [0.4, 0.5) is 5.69 Å². The molecule has 1 heterocycles. The van der Waals surface area contributed by atoms with Gasteiger partial charge in [-0.25, -0.2) is 8.42 Å². The van der Waals surface area contributed by atoms with Crippen LogP contribution in [0.15, 0.2) is 23.1 Å². The van der Waals surface area contributed by atoms with Crippen LogP contribution in [0.2, 0.25) is 0 Å². The van der Waals surface area contributed by atoms with Gasteiger partial charge in [0.15, 0.2) is 0 Å². The van der Waals surface area contributed by atoms with Gasteiger partial charge in [0.05, 0.1) is 4.90 Å².